The molecule has 1 aliphatic heterocycles. The topological polar surface area (TPSA) is 59.1 Å². The van der Waals surface area contributed by atoms with Gasteiger partial charge < -0.3 is 9.47 Å². The van der Waals surface area contributed by atoms with Crippen molar-refractivity contribution < 1.29 is 19.1 Å². The van der Waals surface area contributed by atoms with Crippen molar-refractivity contribution in [1.29, 1.82) is 0 Å². The summed E-state index contributed by atoms with van der Waals surface area (Å²) in [6.07, 6.45) is -0.464. The fraction of sp³-hybridized carbons (Fsp3) is 0.333. The first-order valence-corrected chi connectivity index (χ1v) is 9.03. The number of benzene rings is 2. The second-order valence-corrected chi connectivity index (χ2v) is 6.36. The zero-order chi connectivity index (χ0) is 19.2. The lowest BCUT2D eigenvalue weighted by molar-refractivity contribution is -0.145. The normalized spacial score (nSPS) is 19.7. The number of rotatable bonds is 5. The van der Waals surface area contributed by atoms with Crippen LogP contribution >= 0.6 is 0 Å². The van der Waals surface area contributed by atoms with Gasteiger partial charge in [0.1, 0.15) is 0 Å². The van der Waals surface area contributed by atoms with Crippen molar-refractivity contribution in [1.82, 2.24) is 10.0 Å². The van der Waals surface area contributed by atoms with E-state index in [-0.39, 0.29) is 12.6 Å². The number of carbonyl (C=O) groups is 2. The number of esters is 1. The lowest BCUT2D eigenvalue weighted by atomic mass is 9.94. The summed E-state index contributed by atoms with van der Waals surface area (Å²) in [5.41, 5.74) is 1.92. The molecule has 1 aliphatic rings. The first kappa shape index (κ1) is 18.9. The molecule has 0 N–H and O–H groups in total. The maximum atomic E-state index is 12.8. The molecule has 2 unspecified atom stereocenters. The van der Waals surface area contributed by atoms with Crippen LogP contribution in [0.1, 0.15) is 24.1 Å². The number of carbonyl (C=O) groups excluding carboxylic acids is 2. The molecule has 0 aliphatic carbocycles. The van der Waals surface area contributed by atoms with E-state index < -0.39 is 18.1 Å². The van der Waals surface area contributed by atoms with Crippen LogP contribution in [0.3, 0.4) is 0 Å². The van der Waals surface area contributed by atoms with Crippen LogP contribution in [-0.4, -0.2) is 42.3 Å². The van der Waals surface area contributed by atoms with Crippen LogP contribution in [0.4, 0.5) is 4.79 Å². The van der Waals surface area contributed by atoms with Crippen LogP contribution in [0.2, 0.25) is 0 Å². The van der Waals surface area contributed by atoms with E-state index in [4.69, 9.17) is 9.47 Å². The molecule has 2 atom stereocenters. The minimum Gasteiger partial charge on any atom is -0.469 e. The number of hydrogen-bond donors (Lipinski definition) is 0. The number of hydrogen-bond acceptors (Lipinski definition) is 5. The zero-order valence-corrected chi connectivity index (χ0v) is 15.6. The molecule has 0 radical (unpaired) electrons. The first-order valence-electron chi connectivity index (χ1n) is 9.03. The molecule has 1 fully saturated rings. The van der Waals surface area contributed by atoms with Gasteiger partial charge in [0, 0.05) is 13.1 Å². The molecule has 142 valence electrons. The number of nitrogens with zero attached hydrogens (tertiary/aromatic N) is 2. The first-order chi connectivity index (χ1) is 13.2. The predicted octanol–water partition coefficient (Wildman–Crippen LogP) is 3.41. The van der Waals surface area contributed by atoms with E-state index in [0.29, 0.717) is 13.1 Å². The van der Waals surface area contributed by atoms with E-state index in [1.807, 2.05) is 65.7 Å². The van der Waals surface area contributed by atoms with Crippen LogP contribution < -0.4 is 0 Å². The summed E-state index contributed by atoms with van der Waals surface area (Å²) in [5, 5.41) is 3.43. The lowest BCUT2D eigenvalue weighted by Crippen LogP contribution is -2.42. The van der Waals surface area contributed by atoms with Crippen LogP contribution in [-0.2, 0) is 20.8 Å². The highest BCUT2D eigenvalue weighted by atomic mass is 16.6. The van der Waals surface area contributed by atoms with Gasteiger partial charge in [0.05, 0.1) is 25.7 Å². The summed E-state index contributed by atoms with van der Waals surface area (Å²) >= 11 is 0. The van der Waals surface area contributed by atoms with Crippen molar-refractivity contribution in [3.8, 4) is 0 Å². The summed E-state index contributed by atoms with van der Waals surface area (Å²) < 4.78 is 10.3. The van der Waals surface area contributed by atoms with Gasteiger partial charge in [-0.25, -0.2) is 14.8 Å². The molecule has 0 bridgehead atoms. The number of methoxy groups -OCH3 is 1. The Morgan fingerprint density at radius 3 is 2.26 bits per heavy atom. The minimum absolute atomic E-state index is 0.263. The highest BCUT2D eigenvalue weighted by molar-refractivity contribution is 5.77. The zero-order valence-electron chi connectivity index (χ0n) is 15.6. The molecule has 27 heavy (non-hydrogen) atoms. The van der Waals surface area contributed by atoms with E-state index in [0.717, 1.165) is 11.1 Å². The van der Waals surface area contributed by atoms with Crippen LogP contribution in [0.25, 0.3) is 0 Å². The molecule has 1 heterocycles. The van der Waals surface area contributed by atoms with Gasteiger partial charge >= 0.3 is 12.1 Å². The Balaban J connectivity index is 1.99. The number of hydrazine groups is 1. The van der Waals surface area contributed by atoms with Crippen molar-refractivity contribution in [3.63, 3.8) is 0 Å². The van der Waals surface area contributed by atoms with Crippen molar-refractivity contribution >= 4 is 12.1 Å². The molecule has 0 aromatic heterocycles. The molecular weight excluding hydrogens is 344 g/mol. The third-order valence-electron chi connectivity index (χ3n) is 4.66. The summed E-state index contributed by atoms with van der Waals surface area (Å²) in [5.74, 6) is -0.834. The number of amides is 1. The quantitative estimate of drug-likeness (QED) is 0.757. The third-order valence-corrected chi connectivity index (χ3v) is 4.66. The minimum atomic E-state index is -0.495. The van der Waals surface area contributed by atoms with Gasteiger partial charge in [-0.15, -0.1) is 0 Å². The Morgan fingerprint density at radius 1 is 1.04 bits per heavy atom. The van der Waals surface area contributed by atoms with Gasteiger partial charge in [-0.3, -0.25) is 4.79 Å². The summed E-state index contributed by atoms with van der Waals surface area (Å²) in [7, 11) is 1.37. The van der Waals surface area contributed by atoms with Gasteiger partial charge in [0.2, 0.25) is 0 Å². The van der Waals surface area contributed by atoms with Crippen LogP contribution in [0.15, 0.2) is 60.7 Å². The van der Waals surface area contributed by atoms with Crippen molar-refractivity contribution in [2.24, 2.45) is 5.92 Å². The van der Waals surface area contributed by atoms with E-state index in [1.54, 1.807) is 11.9 Å². The second kappa shape index (κ2) is 8.68. The Labute approximate surface area is 159 Å². The average molecular weight is 368 g/mol. The molecule has 0 saturated carbocycles. The summed E-state index contributed by atoms with van der Waals surface area (Å²) in [4.78, 5) is 25.3. The van der Waals surface area contributed by atoms with Gasteiger partial charge in [-0.05, 0) is 18.1 Å². The molecule has 1 saturated heterocycles. The second-order valence-electron chi connectivity index (χ2n) is 6.36. The van der Waals surface area contributed by atoms with E-state index in [1.165, 1.54) is 7.11 Å². The molecule has 0 spiro atoms. The van der Waals surface area contributed by atoms with Crippen LogP contribution in [0.5, 0.6) is 0 Å². The van der Waals surface area contributed by atoms with Gasteiger partial charge in [0.25, 0.3) is 0 Å². The lowest BCUT2D eigenvalue weighted by Gasteiger charge is -2.32. The van der Waals surface area contributed by atoms with Crippen molar-refractivity contribution in [2.75, 3.05) is 20.3 Å². The average Bonchev–Trinajstić information content (AvgIpc) is 3.08. The van der Waals surface area contributed by atoms with E-state index in [2.05, 4.69) is 0 Å². The van der Waals surface area contributed by atoms with E-state index in [9.17, 15) is 9.59 Å². The molecule has 2 aromatic carbocycles. The predicted molar refractivity (Wildman–Crippen MR) is 100 cm³/mol. The monoisotopic (exact) mass is 368 g/mol. The maximum absolute atomic E-state index is 12.8. The third kappa shape index (κ3) is 4.11. The SMILES string of the molecule is CCOC(=O)N1C(c2ccccc2)C(C(=O)OC)CN1Cc1ccccc1. The Hall–Kier alpha value is -2.86. The van der Waals surface area contributed by atoms with Crippen molar-refractivity contribution in [3.05, 3.63) is 71.8 Å². The summed E-state index contributed by atoms with van der Waals surface area (Å²) in [6.45, 7) is 2.90. The summed E-state index contributed by atoms with van der Waals surface area (Å²) in [6, 6.07) is 18.9. The fourth-order valence-corrected chi connectivity index (χ4v) is 3.49. The highest BCUT2D eigenvalue weighted by Crippen LogP contribution is 2.39. The Bertz CT molecular complexity index is 766. The van der Waals surface area contributed by atoms with Gasteiger partial charge in [-0.2, -0.15) is 0 Å². The van der Waals surface area contributed by atoms with Gasteiger partial charge in [0.15, 0.2) is 0 Å². The number of ether oxygens (including phenoxy) is 2. The Morgan fingerprint density at radius 2 is 1.67 bits per heavy atom. The van der Waals surface area contributed by atoms with Crippen molar-refractivity contribution in [2.45, 2.75) is 19.5 Å². The largest absolute Gasteiger partial charge is 0.469 e. The molecule has 6 heteroatoms. The smallest absolute Gasteiger partial charge is 0.425 e. The molecule has 1 amide bonds. The highest BCUT2D eigenvalue weighted by Gasteiger charge is 2.48. The van der Waals surface area contributed by atoms with Crippen LogP contribution in [0, 0.1) is 5.92 Å². The molecule has 3 rings (SSSR count). The Kier molecular flexibility index (Phi) is 6.08. The molecule has 6 nitrogen and oxygen atoms in total. The van der Waals surface area contributed by atoms with E-state index >= 15 is 0 Å². The molecule has 2 aromatic rings. The fourth-order valence-electron chi connectivity index (χ4n) is 3.49. The maximum Gasteiger partial charge on any atom is 0.425 e. The molecular formula is C21H24N2O4. The standard InChI is InChI=1S/C21H24N2O4/c1-3-27-21(25)23-19(17-12-8-5-9-13-17)18(20(24)26-2)15-22(23)14-16-10-6-4-7-11-16/h4-13,18-19H,3,14-15H2,1-2H3. The van der Waals surface area contributed by atoms with Gasteiger partial charge in [-0.1, -0.05) is 60.7 Å².